The lowest BCUT2D eigenvalue weighted by Crippen LogP contribution is -2.34. The van der Waals surface area contributed by atoms with E-state index in [9.17, 15) is 9.18 Å². The molecule has 0 fully saturated rings. The highest BCUT2D eigenvalue weighted by Gasteiger charge is 2.33. The maximum Gasteiger partial charge on any atom is 0.338 e. The second-order valence-corrected chi connectivity index (χ2v) is 9.22. The zero-order valence-electron chi connectivity index (χ0n) is 17.1. The number of methoxy groups -OCH3 is 1. The van der Waals surface area contributed by atoms with Crippen molar-refractivity contribution in [1.29, 1.82) is 0 Å². The largest absolute Gasteiger partial charge is 0.497 e. The zero-order valence-corrected chi connectivity index (χ0v) is 21.1. The van der Waals surface area contributed by atoms with Gasteiger partial charge in [0.15, 0.2) is 10.8 Å². The molecule has 0 saturated carbocycles. The number of alkyl halides is 1. The van der Waals surface area contributed by atoms with Crippen LogP contribution in [0, 0.1) is 5.82 Å². The summed E-state index contributed by atoms with van der Waals surface area (Å²) in [4.78, 5) is 22.4. The molecule has 1 aromatic heterocycles. The van der Waals surface area contributed by atoms with E-state index in [0.717, 1.165) is 16.0 Å². The number of aliphatic imine (C=N–C) groups is 1. The van der Waals surface area contributed by atoms with Gasteiger partial charge in [0, 0.05) is 15.5 Å². The molecule has 4 rings (SSSR count). The van der Waals surface area contributed by atoms with Gasteiger partial charge in [-0.05, 0) is 42.8 Å². The van der Waals surface area contributed by atoms with Crippen molar-refractivity contribution in [1.82, 2.24) is 10.3 Å². The molecular formula is C22H18Br2FN3O3S. The van der Waals surface area contributed by atoms with Crippen LogP contribution >= 0.6 is 43.2 Å². The third-order valence-corrected chi connectivity index (χ3v) is 7.08. The number of allylic oxidation sites excluding steroid dienone is 1. The van der Waals surface area contributed by atoms with Gasteiger partial charge in [-0.2, -0.15) is 0 Å². The lowest BCUT2D eigenvalue weighted by molar-refractivity contribution is -0.138. The van der Waals surface area contributed by atoms with Crippen LogP contribution in [0.3, 0.4) is 0 Å². The average Bonchev–Trinajstić information content (AvgIpc) is 3.21. The summed E-state index contributed by atoms with van der Waals surface area (Å²) in [5.74, 6) is 0.396. The maximum atomic E-state index is 13.7. The van der Waals surface area contributed by atoms with Crippen LogP contribution in [-0.2, 0) is 9.53 Å². The van der Waals surface area contributed by atoms with Gasteiger partial charge in [-0.3, -0.25) is 4.99 Å². The fourth-order valence-corrected chi connectivity index (χ4v) is 5.30. The average molecular weight is 583 g/mol. The van der Waals surface area contributed by atoms with E-state index >= 15 is 0 Å². The smallest absolute Gasteiger partial charge is 0.338 e. The van der Waals surface area contributed by atoms with Crippen LogP contribution in [0.25, 0.3) is 10.2 Å². The van der Waals surface area contributed by atoms with Gasteiger partial charge in [0.1, 0.15) is 17.6 Å². The molecule has 1 aliphatic heterocycles. The number of rotatable bonds is 6. The van der Waals surface area contributed by atoms with E-state index in [4.69, 9.17) is 19.5 Å². The third kappa shape index (κ3) is 4.44. The molecule has 1 N–H and O–H groups in total. The van der Waals surface area contributed by atoms with Crippen LogP contribution in [0.5, 0.6) is 5.75 Å². The summed E-state index contributed by atoms with van der Waals surface area (Å²) < 4.78 is 25.8. The first-order valence-electron chi connectivity index (χ1n) is 9.66. The van der Waals surface area contributed by atoms with E-state index in [0.29, 0.717) is 37.5 Å². The van der Waals surface area contributed by atoms with Gasteiger partial charge in [-0.1, -0.05) is 37.9 Å². The Labute approximate surface area is 204 Å². The molecule has 166 valence electrons. The number of aromatic nitrogens is 1. The van der Waals surface area contributed by atoms with Gasteiger partial charge >= 0.3 is 5.97 Å². The molecule has 6 nitrogen and oxygen atoms in total. The fraction of sp³-hybridized carbons (Fsp3) is 0.227. The van der Waals surface area contributed by atoms with Gasteiger partial charge in [-0.25, -0.2) is 14.2 Å². The van der Waals surface area contributed by atoms with Crippen molar-refractivity contribution in [3.8, 4) is 5.75 Å². The molecule has 0 unspecified atom stereocenters. The minimum absolute atomic E-state index is 0.228. The van der Waals surface area contributed by atoms with Crippen LogP contribution in [0.15, 0.2) is 57.1 Å². The molecular weight excluding hydrogens is 565 g/mol. The van der Waals surface area contributed by atoms with E-state index < -0.39 is 12.0 Å². The van der Waals surface area contributed by atoms with E-state index in [2.05, 4.69) is 37.2 Å². The summed E-state index contributed by atoms with van der Waals surface area (Å²) in [6, 6.07) is 9.27. The topological polar surface area (TPSA) is 72.8 Å². The number of nitrogens with one attached hydrogen (secondary N) is 1. The lowest BCUT2D eigenvalue weighted by Gasteiger charge is -2.26. The van der Waals surface area contributed by atoms with Crippen LogP contribution in [0.2, 0.25) is 0 Å². The Balaban J connectivity index is 1.85. The molecule has 3 aromatic rings. The number of esters is 1. The van der Waals surface area contributed by atoms with Crippen molar-refractivity contribution in [2.45, 2.75) is 13.0 Å². The molecule has 1 aliphatic rings. The molecule has 0 spiro atoms. The van der Waals surface area contributed by atoms with Crippen LogP contribution in [-0.4, -0.2) is 35.8 Å². The Morgan fingerprint density at radius 1 is 1.28 bits per heavy atom. The predicted octanol–water partition coefficient (Wildman–Crippen LogP) is 5.51. The van der Waals surface area contributed by atoms with E-state index in [1.165, 1.54) is 23.5 Å². The highest BCUT2D eigenvalue weighted by Crippen LogP contribution is 2.37. The molecule has 2 aromatic carbocycles. The molecule has 0 bridgehead atoms. The summed E-state index contributed by atoms with van der Waals surface area (Å²) in [6.07, 6.45) is 0. The van der Waals surface area contributed by atoms with E-state index in [-0.39, 0.29) is 12.4 Å². The monoisotopic (exact) mass is 581 g/mol. The van der Waals surface area contributed by atoms with Crippen molar-refractivity contribution in [2.75, 3.05) is 19.0 Å². The lowest BCUT2D eigenvalue weighted by atomic mass is 9.96. The second-order valence-electron chi connectivity index (χ2n) is 6.77. The molecule has 0 aliphatic carbocycles. The number of nitrogens with zero attached hydrogens (tertiary/aromatic N) is 2. The van der Waals surface area contributed by atoms with Gasteiger partial charge in [-0.15, -0.1) is 11.3 Å². The molecule has 0 radical (unpaired) electrons. The number of ether oxygens (including phenoxy) is 2. The van der Waals surface area contributed by atoms with Crippen molar-refractivity contribution >= 4 is 65.2 Å². The normalized spacial score (nSPS) is 16.0. The van der Waals surface area contributed by atoms with E-state index in [1.54, 1.807) is 20.1 Å². The van der Waals surface area contributed by atoms with Crippen LogP contribution in [0.1, 0.15) is 23.5 Å². The number of thiazole rings is 1. The summed E-state index contributed by atoms with van der Waals surface area (Å²) in [6.45, 7) is 1.97. The van der Waals surface area contributed by atoms with Gasteiger partial charge in [0.05, 0.1) is 29.5 Å². The molecule has 32 heavy (non-hydrogen) atoms. The summed E-state index contributed by atoms with van der Waals surface area (Å²) in [7, 11) is 1.62. The number of benzene rings is 2. The summed E-state index contributed by atoms with van der Waals surface area (Å²) >= 11 is 8.34. The SMILES string of the molecule is CCOC(=O)C1=C(CBr)NC(c2nc3ccc(OC)cc3s2)=N[C@@H]1c1ccc(F)cc1Br. The number of hydrogen-bond donors (Lipinski definition) is 1. The Morgan fingerprint density at radius 3 is 2.78 bits per heavy atom. The first-order chi connectivity index (χ1) is 15.4. The highest BCUT2D eigenvalue weighted by molar-refractivity contribution is 9.10. The predicted molar refractivity (Wildman–Crippen MR) is 130 cm³/mol. The summed E-state index contributed by atoms with van der Waals surface area (Å²) in [5.41, 5.74) is 2.44. The molecule has 0 amide bonds. The quantitative estimate of drug-likeness (QED) is 0.306. The number of hydrogen-bond acceptors (Lipinski definition) is 7. The van der Waals surface area contributed by atoms with Crippen molar-refractivity contribution < 1.29 is 18.7 Å². The number of amidine groups is 1. The Kier molecular flexibility index (Phi) is 6.92. The van der Waals surface area contributed by atoms with Crippen molar-refractivity contribution in [3.63, 3.8) is 0 Å². The van der Waals surface area contributed by atoms with Crippen molar-refractivity contribution in [3.05, 3.63) is 68.5 Å². The fourth-order valence-electron chi connectivity index (χ4n) is 3.34. The number of carbonyl (C=O) groups is 1. The molecule has 10 heteroatoms. The number of fused-ring (bicyclic) bond motifs is 1. The second kappa shape index (κ2) is 9.68. The number of carbonyl (C=O) groups excluding carboxylic acids is 1. The van der Waals surface area contributed by atoms with Gasteiger partial charge < -0.3 is 14.8 Å². The molecule has 1 atom stereocenters. The summed E-state index contributed by atoms with van der Waals surface area (Å²) in [5, 5.41) is 4.27. The van der Waals surface area contributed by atoms with Crippen molar-refractivity contribution in [2.24, 2.45) is 4.99 Å². The zero-order chi connectivity index (χ0) is 22.8. The Bertz CT molecular complexity index is 1260. The minimum atomic E-state index is -0.700. The number of halogens is 3. The standard InChI is InChI=1S/C22H18Br2FN3O3S/c1-3-31-22(29)18-16(10-23)26-20(28-19(18)13-6-4-11(25)8-14(13)24)21-27-15-7-5-12(30-2)9-17(15)32-21/h4-9,19H,3,10H2,1-2H3,(H,26,28)/t19-/m1/s1. The first kappa shape index (κ1) is 22.9. The van der Waals surface area contributed by atoms with Gasteiger partial charge in [0.25, 0.3) is 0 Å². The minimum Gasteiger partial charge on any atom is -0.497 e. The third-order valence-electron chi connectivity index (χ3n) is 4.81. The van der Waals surface area contributed by atoms with Crippen LogP contribution in [0.4, 0.5) is 4.39 Å². The van der Waals surface area contributed by atoms with Gasteiger partial charge in [0.2, 0.25) is 0 Å². The maximum absolute atomic E-state index is 13.7. The van der Waals surface area contributed by atoms with Crippen LogP contribution < -0.4 is 10.1 Å². The Hall–Kier alpha value is -2.30. The molecule has 2 heterocycles. The molecule has 0 saturated heterocycles. The first-order valence-corrected chi connectivity index (χ1v) is 12.4. The highest BCUT2D eigenvalue weighted by atomic mass is 79.9. The Morgan fingerprint density at radius 2 is 2.09 bits per heavy atom. The van der Waals surface area contributed by atoms with E-state index in [1.807, 2.05) is 18.2 Å².